The van der Waals surface area contributed by atoms with Crippen LogP contribution in [0.5, 0.6) is 0 Å². The maximum Gasteiger partial charge on any atom is 0.202 e. The number of aromatic amines is 1. The standard InChI is InChI=1S/C20H18Cl2N2O2/c1-11(2)9-17(25)18-19(26)13-5-3-4-6-15(13)23-20(18)24-16-8-7-12(21)10-14(16)22/h3-8,10-11H,9H2,1-2H3,(H2,23,24,26). The number of halogens is 2. The summed E-state index contributed by atoms with van der Waals surface area (Å²) < 4.78 is 0. The second kappa shape index (κ2) is 7.52. The number of hydrogen-bond acceptors (Lipinski definition) is 3. The SMILES string of the molecule is CC(C)CC(=O)c1c(Nc2ccc(Cl)cc2Cl)[nH]c2ccccc2c1=O. The van der Waals surface area contributed by atoms with Gasteiger partial charge in [0.05, 0.1) is 16.2 Å². The van der Waals surface area contributed by atoms with Crippen LogP contribution in [-0.2, 0) is 0 Å². The third-order valence-corrected chi connectivity index (χ3v) is 4.52. The molecule has 0 radical (unpaired) electrons. The molecule has 0 fully saturated rings. The number of fused-ring (bicyclic) bond motifs is 1. The van der Waals surface area contributed by atoms with Gasteiger partial charge in [0.2, 0.25) is 5.43 Å². The zero-order valence-corrected chi connectivity index (χ0v) is 15.9. The van der Waals surface area contributed by atoms with Crippen molar-refractivity contribution < 1.29 is 4.79 Å². The molecular weight excluding hydrogens is 371 g/mol. The number of aromatic nitrogens is 1. The van der Waals surface area contributed by atoms with E-state index < -0.39 is 0 Å². The molecule has 0 aliphatic rings. The van der Waals surface area contributed by atoms with Gasteiger partial charge in [0.1, 0.15) is 11.4 Å². The Morgan fingerprint density at radius 3 is 2.58 bits per heavy atom. The Balaban J connectivity index is 2.18. The molecule has 26 heavy (non-hydrogen) atoms. The highest BCUT2D eigenvalue weighted by molar-refractivity contribution is 6.36. The van der Waals surface area contributed by atoms with Gasteiger partial charge in [0, 0.05) is 16.8 Å². The van der Waals surface area contributed by atoms with Crippen LogP contribution < -0.4 is 10.7 Å². The monoisotopic (exact) mass is 388 g/mol. The van der Waals surface area contributed by atoms with Crippen molar-refractivity contribution in [3.8, 4) is 0 Å². The van der Waals surface area contributed by atoms with E-state index in [1.165, 1.54) is 0 Å². The second-order valence-electron chi connectivity index (χ2n) is 6.52. The van der Waals surface area contributed by atoms with Crippen molar-refractivity contribution in [3.63, 3.8) is 0 Å². The molecule has 3 rings (SSSR count). The van der Waals surface area contributed by atoms with Gasteiger partial charge in [-0.3, -0.25) is 9.59 Å². The topological polar surface area (TPSA) is 62.0 Å². The first-order valence-electron chi connectivity index (χ1n) is 8.27. The first kappa shape index (κ1) is 18.5. The highest BCUT2D eigenvalue weighted by Gasteiger charge is 2.20. The summed E-state index contributed by atoms with van der Waals surface area (Å²) >= 11 is 12.2. The molecule has 0 aliphatic heterocycles. The van der Waals surface area contributed by atoms with Gasteiger partial charge in [-0.2, -0.15) is 0 Å². The zero-order chi connectivity index (χ0) is 18.8. The van der Waals surface area contributed by atoms with E-state index in [0.717, 1.165) is 0 Å². The van der Waals surface area contributed by atoms with Crippen molar-refractivity contribution in [3.05, 3.63) is 68.3 Å². The van der Waals surface area contributed by atoms with E-state index >= 15 is 0 Å². The fraction of sp³-hybridized carbons (Fsp3) is 0.200. The maximum absolute atomic E-state index is 13.0. The van der Waals surface area contributed by atoms with Gasteiger partial charge >= 0.3 is 0 Å². The number of pyridine rings is 1. The van der Waals surface area contributed by atoms with Gasteiger partial charge in [-0.25, -0.2) is 0 Å². The minimum Gasteiger partial charge on any atom is -0.340 e. The van der Waals surface area contributed by atoms with Crippen molar-refractivity contribution in [1.82, 2.24) is 4.98 Å². The van der Waals surface area contributed by atoms with Crippen LogP contribution >= 0.6 is 23.2 Å². The molecule has 4 nitrogen and oxygen atoms in total. The van der Waals surface area contributed by atoms with Crippen molar-refractivity contribution in [2.24, 2.45) is 5.92 Å². The first-order chi connectivity index (χ1) is 12.4. The Bertz CT molecular complexity index is 1040. The van der Waals surface area contributed by atoms with Gasteiger partial charge in [-0.05, 0) is 36.2 Å². The average molecular weight is 389 g/mol. The molecule has 3 aromatic rings. The van der Waals surface area contributed by atoms with Crippen molar-refractivity contribution >= 4 is 51.4 Å². The Morgan fingerprint density at radius 1 is 1.15 bits per heavy atom. The molecule has 0 amide bonds. The van der Waals surface area contributed by atoms with Crippen LogP contribution in [0.2, 0.25) is 10.0 Å². The predicted octanol–water partition coefficient (Wildman–Crippen LogP) is 5.81. The third kappa shape index (κ3) is 3.76. The molecular formula is C20H18Cl2N2O2. The fourth-order valence-electron chi connectivity index (χ4n) is 2.79. The highest BCUT2D eigenvalue weighted by Crippen LogP contribution is 2.29. The van der Waals surface area contributed by atoms with Gasteiger partial charge in [0.25, 0.3) is 0 Å². The number of anilines is 2. The van der Waals surface area contributed by atoms with Crippen LogP contribution in [0.3, 0.4) is 0 Å². The van der Waals surface area contributed by atoms with Crippen LogP contribution in [0.1, 0.15) is 30.6 Å². The van der Waals surface area contributed by atoms with E-state index in [1.54, 1.807) is 36.4 Å². The number of carbonyl (C=O) groups excluding carboxylic acids is 1. The van der Waals surface area contributed by atoms with E-state index in [1.807, 2.05) is 19.9 Å². The van der Waals surface area contributed by atoms with E-state index in [9.17, 15) is 9.59 Å². The Labute approximate surface area is 161 Å². The average Bonchev–Trinajstić information content (AvgIpc) is 2.57. The Morgan fingerprint density at radius 2 is 1.88 bits per heavy atom. The summed E-state index contributed by atoms with van der Waals surface area (Å²) in [6, 6.07) is 12.1. The summed E-state index contributed by atoms with van der Waals surface area (Å²) in [6.45, 7) is 3.88. The van der Waals surface area contributed by atoms with E-state index in [2.05, 4.69) is 10.3 Å². The Kier molecular flexibility index (Phi) is 5.35. The molecule has 0 aliphatic carbocycles. The largest absolute Gasteiger partial charge is 0.340 e. The molecule has 134 valence electrons. The number of Topliss-reactive ketones (excluding diaryl/α,β-unsaturated/α-hetero) is 1. The van der Waals surface area contributed by atoms with Crippen LogP contribution in [0.4, 0.5) is 11.5 Å². The number of ketones is 1. The molecule has 1 heterocycles. The molecule has 0 atom stereocenters. The van der Waals surface area contributed by atoms with Crippen LogP contribution in [0.15, 0.2) is 47.3 Å². The molecule has 0 saturated carbocycles. The van der Waals surface area contributed by atoms with E-state index in [0.29, 0.717) is 32.5 Å². The summed E-state index contributed by atoms with van der Waals surface area (Å²) in [5, 5.41) is 4.47. The van der Waals surface area contributed by atoms with E-state index in [-0.39, 0.29) is 29.1 Å². The summed E-state index contributed by atoms with van der Waals surface area (Å²) in [7, 11) is 0. The number of nitrogens with one attached hydrogen (secondary N) is 2. The molecule has 0 unspecified atom stereocenters. The lowest BCUT2D eigenvalue weighted by Gasteiger charge is -2.14. The maximum atomic E-state index is 13.0. The number of rotatable bonds is 5. The molecule has 1 aromatic heterocycles. The fourth-order valence-corrected chi connectivity index (χ4v) is 3.25. The number of benzene rings is 2. The second-order valence-corrected chi connectivity index (χ2v) is 7.36. The molecule has 0 saturated heterocycles. The summed E-state index contributed by atoms with van der Waals surface area (Å²) in [4.78, 5) is 28.9. The van der Waals surface area contributed by atoms with Gasteiger partial charge in [-0.15, -0.1) is 0 Å². The van der Waals surface area contributed by atoms with Gasteiger partial charge < -0.3 is 10.3 Å². The van der Waals surface area contributed by atoms with Crippen LogP contribution in [0, 0.1) is 5.92 Å². The number of H-pyrrole nitrogens is 1. The van der Waals surface area contributed by atoms with E-state index in [4.69, 9.17) is 23.2 Å². The first-order valence-corrected chi connectivity index (χ1v) is 9.02. The van der Waals surface area contributed by atoms with Crippen molar-refractivity contribution in [2.45, 2.75) is 20.3 Å². The lowest BCUT2D eigenvalue weighted by atomic mass is 9.99. The minimum atomic E-state index is -0.294. The molecule has 2 aromatic carbocycles. The number of para-hydroxylation sites is 1. The summed E-state index contributed by atoms with van der Waals surface area (Å²) in [5.41, 5.74) is 1.02. The summed E-state index contributed by atoms with van der Waals surface area (Å²) in [6.07, 6.45) is 0.282. The minimum absolute atomic E-state index is 0.114. The normalized spacial score (nSPS) is 11.1. The highest BCUT2D eigenvalue weighted by atomic mass is 35.5. The van der Waals surface area contributed by atoms with Crippen LogP contribution in [-0.4, -0.2) is 10.8 Å². The lowest BCUT2D eigenvalue weighted by Crippen LogP contribution is -2.20. The zero-order valence-electron chi connectivity index (χ0n) is 14.4. The molecule has 6 heteroatoms. The molecule has 0 spiro atoms. The number of hydrogen-bond donors (Lipinski definition) is 2. The third-order valence-electron chi connectivity index (χ3n) is 3.97. The lowest BCUT2D eigenvalue weighted by molar-refractivity contribution is 0.0967. The molecule has 2 N–H and O–H groups in total. The predicted molar refractivity (Wildman–Crippen MR) is 108 cm³/mol. The van der Waals surface area contributed by atoms with Crippen LogP contribution in [0.25, 0.3) is 10.9 Å². The quantitative estimate of drug-likeness (QED) is 0.542. The van der Waals surface area contributed by atoms with Crippen molar-refractivity contribution in [2.75, 3.05) is 5.32 Å². The molecule has 0 bridgehead atoms. The number of carbonyl (C=O) groups is 1. The smallest absolute Gasteiger partial charge is 0.202 e. The summed E-state index contributed by atoms with van der Waals surface area (Å²) in [5.74, 6) is 0.267. The van der Waals surface area contributed by atoms with Gasteiger partial charge in [0.15, 0.2) is 5.78 Å². The Hall–Kier alpha value is -2.30. The van der Waals surface area contributed by atoms with Gasteiger partial charge in [-0.1, -0.05) is 49.2 Å². The van der Waals surface area contributed by atoms with Crippen molar-refractivity contribution in [1.29, 1.82) is 0 Å².